The third-order valence-electron chi connectivity index (χ3n) is 2.61. The van der Waals surface area contributed by atoms with Crippen molar-refractivity contribution in [2.45, 2.75) is 13.0 Å². The molecule has 3 N–H and O–H groups in total. The molecule has 1 heterocycles. The first kappa shape index (κ1) is 13.8. The van der Waals surface area contributed by atoms with E-state index in [9.17, 15) is 4.79 Å². The molecule has 0 fully saturated rings. The molecule has 0 aliphatic heterocycles. The van der Waals surface area contributed by atoms with Crippen LogP contribution in [-0.4, -0.2) is 22.2 Å². The van der Waals surface area contributed by atoms with Crippen LogP contribution in [0.15, 0.2) is 42.7 Å². The lowest BCUT2D eigenvalue weighted by atomic mass is 10.2. The van der Waals surface area contributed by atoms with E-state index in [1.54, 1.807) is 10.9 Å². The van der Waals surface area contributed by atoms with E-state index < -0.39 is 0 Å². The molecule has 1 aromatic heterocycles. The topological polar surface area (TPSA) is 72.9 Å². The summed E-state index contributed by atoms with van der Waals surface area (Å²) in [6.45, 7) is 0.881. The number of aryl methyl sites for hydroxylation is 1. The van der Waals surface area contributed by atoms with Gasteiger partial charge in [-0.15, -0.1) is 0 Å². The molecule has 5 nitrogen and oxygen atoms in total. The Morgan fingerprint density at radius 3 is 3.05 bits per heavy atom. The highest BCUT2D eigenvalue weighted by molar-refractivity contribution is 5.90. The summed E-state index contributed by atoms with van der Waals surface area (Å²) < 4.78 is 1.72. The molecular formula is C15H16N4O. The van der Waals surface area contributed by atoms with Gasteiger partial charge in [0.15, 0.2) is 0 Å². The van der Waals surface area contributed by atoms with E-state index in [1.165, 1.54) is 0 Å². The Balaban J connectivity index is 1.90. The van der Waals surface area contributed by atoms with Gasteiger partial charge in [0.25, 0.3) is 0 Å². The number of carbonyl (C=O) groups is 1. The molecule has 0 saturated heterocycles. The molecule has 1 amide bonds. The minimum Gasteiger partial charge on any atom is -0.326 e. The van der Waals surface area contributed by atoms with Crippen molar-refractivity contribution in [3.8, 4) is 11.8 Å². The number of benzene rings is 1. The van der Waals surface area contributed by atoms with Crippen molar-refractivity contribution in [1.82, 2.24) is 9.78 Å². The summed E-state index contributed by atoms with van der Waals surface area (Å²) in [4.78, 5) is 11.8. The summed E-state index contributed by atoms with van der Waals surface area (Å²) in [5, 5.41) is 6.89. The van der Waals surface area contributed by atoms with Crippen LogP contribution in [-0.2, 0) is 11.3 Å². The second kappa shape index (κ2) is 7.12. The average Bonchev–Trinajstić information content (AvgIpc) is 2.97. The molecule has 5 heteroatoms. The molecule has 0 spiro atoms. The van der Waals surface area contributed by atoms with Crippen LogP contribution in [0.5, 0.6) is 0 Å². The van der Waals surface area contributed by atoms with E-state index in [1.807, 2.05) is 36.5 Å². The number of nitrogens with zero attached hydrogens (tertiary/aromatic N) is 2. The number of rotatable bonds is 4. The fourth-order valence-electron chi connectivity index (χ4n) is 1.70. The fourth-order valence-corrected chi connectivity index (χ4v) is 1.70. The van der Waals surface area contributed by atoms with Crippen LogP contribution < -0.4 is 11.1 Å². The number of anilines is 1. The van der Waals surface area contributed by atoms with Gasteiger partial charge in [0.2, 0.25) is 5.91 Å². The molecule has 1 aromatic carbocycles. The SMILES string of the molecule is NCC#Cc1cccc(NC(=O)CCn2cccn2)c1. The number of nitrogens with two attached hydrogens (primary N) is 1. The minimum atomic E-state index is -0.0514. The van der Waals surface area contributed by atoms with Crippen LogP contribution in [0.4, 0.5) is 5.69 Å². The van der Waals surface area contributed by atoms with Crippen LogP contribution in [0.25, 0.3) is 0 Å². The van der Waals surface area contributed by atoms with Gasteiger partial charge in [-0.05, 0) is 24.3 Å². The standard InChI is InChI=1S/C15H16N4O/c16-8-2-5-13-4-1-6-14(12-13)18-15(20)7-11-19-10-3-9-17-19/h1,3-4,6,9-10,12H,7-8,11,16H2,(H,18,20). The first-order chi connectivity index (χ1) is 9.78. The van der Waals surface area contributed by atoms with Crippen molar-refractivity contribution in [1.29, 1.82) is 0 Å². The lowest BCUT2D eigenvalue weighted by molar-refractivity contribution is -0.116. The first-order valence-electron chi connectivity index (χ1n) is 6.34. The van der Waals surface area contributed by atoms with Gasteiger partial charge in [-0.25, -0.2) is 0 Å². The lowest BCUT2D eigenvalue weighted by Gasteiger charge is -2.05. The molecule has 20 heavy (non-hydrogen) atoms. The van der Waals surface area contributed by atoms with Gasteiger partial charge < -0.3 is 11.1 Å². The smallest absolute Gasteiger partial charge is 0.226 e. The zero-order chi connectivity index (χ0) is 14.2. The second-order valence-electron chi connectivity index (χ2n) is 4.15. The van der Waals surface area contributed by atoms with Gasteiger partial charge in [0.05, 0.1) is 6.54 Å². The van der Waals surface area contributed by atoms with Gasteiger partial charge in [-0.3, -0.25) is 9.48 Å². The minimum absolute atomic E-state index is 0.0514. The largest absolute Gasteiger partial charge is 0.326 e. The highest BCUT2D eigenvalue weighted by Crippen LogP contribution is 2.10. The molecule has 0 unspecified atom stereocenters. The summed E-state index contributed by atoms with van der Waals surface area (Å²) in [5.41, 5.74) is 6.90. The van der Waals surface area contributed by atoms with Crippen LogP contribution in [0.2, 0.25) is 0 Å². The Morgan fingerprint density at radius 2 is 2.30 bits per heavy atom. The van der Waals surface area contributed by atoms with Crippen molar-refractivity contribution >= 4 is 11.6 Å². The van der Waals surface area contributed by atoms with Gasteiger partial charge in [-0.1, -0.05) is 17.9 Å². The average molecular weight is 268 g/mol. The van der Waals surface area contributed by atoms with E-state index in [2.05, 4.69) is 22.3 Å². The van der Waals surface area contributed by atoms with Crippen molar-refractivity contribution in [2.75, 3.05) is 11.9 Å². The first-order valence-corrected chi connectivity index (χ1v) is 6.34. The van der Waals surface area contributed by atoms with Crippen LogP contribution in [0.3, 0.4) is 0 Å². The Hall–Kier alpha value is -2.58. The van der Waals surface area contributed by atoms with Crippen LogP contribution in [0.1, 0.15) is 12.0 Å². The molecule has 0 aliphatic carbocycles. The van der Waals surface area contributed by atoms with Crippen molar-refractivity contribution < 1.29 is 4.79 Å². The molecule has 2 aromatic rings. The third-order valence-corrected chi connectivity index (χ3v) is 2.61. The zero-order valence-corrected chi connectivity index (χ0v) is 11.0. The van der Waals surface area contributed by atoms with Crippen LogP contribution >= 0.6 is 0 Å². The van der Waals surface area contributed by atoms with Crippen molar-refractivity contribution in [3.05, 3.63) is 48.3 Å². The maximum Gasteiger partial charge on any atom is 0.226 e. The monoisotopic (exact) mass is 268 g/mol. The molecule has 0 radical (unpaired) electrons. The van der Waals surface area contributed by atoms with Crippen LogP contribution in [0, 0.1) is 11.8 Å². The van der Waals surface area contributed by atoms with Gasteiger partial charge in [0, 0.05) is 36.6 Å². The number of amides is 1. The molecular weight excluding hydrogens is 252 g/mol. The summed E-state index contributed by atoms with van der Waals surface area (Å²) in [5.74, 6) is 5.66. The van der Waals surface area contributed by atoms with Crippen molar-refractivity contribution in [2.24, 2.45) is 5.73 Å². The highest BCUT2D eigenvalue weighted by Gasteiger charge is 2.03. The van der Waals surface area contributed by atoms with E-state index in [-0.39, 0.29) is 5.91 Å². The van der Waals surface area contributed by atoms with Gasteiger partial charge >= 0.3 is 0 Å². The number of aromatic nitrogens is 2. The summed E-state index contributed by atoms with van der Waals surface area (Å²) in [6.07, 6.45) is 3.90. The Bertz CT molecular complexity index is 623. The Morgan fingerprint density at radius 1 is 1.40 bits per heavy atom. The number of carbonyl (C=O) groups excluding carboxylic acids is 1. The van der Waals surface area contributed by atoms with Crippen molar-refractivity contribution in [3.63, 3.8) is 0 Å². The molecule has 102 valence electrons. The summed E-state index contributed by atoms with van der Waals surface area (Å²) >= 11 is 0. The normalized spacial score (nSPS) is 9.65. The highest BCUT2D eigenvalue weighted by atomic mass is 16.1. The molecule has 0 atom stereocenters. The second-order valence-corrected chi connectivity index (χ2v) is 4.15. The fraction of sp³-hybridized carbons (Fsp3) is 0.200. The summed E-state index contributed by atoms with van der Waals surface area (Å²) in [7, 11) is 0. The summed E-state index contributed by atoms with van der Waals surface area (Å²) in [6, 6.07) is 9.22. The lowest BCUT2D eigenvalue weighted by Crippen LogP contribution is -2.14. The van der Waals surface area contributed by atoms with E-state index >= 15 is 0 Å². The van der Waals surface area contributed by atoms with Gasteiger partial charge in [0.1, 0.15) is 0 Å². The van der Waals surface area contributed by atoms with E-state index in [0.717, 1.165) is 11.3 Å². The Kier molecular flexibility index (Phi) is 4.93. The Labute approximate surface area is 117 Å². The molecule has 0 aliphatic rings. The molecule has 0 saturated carbocycles. The maximum atomic E-state index is 11.8. The van der Waals surface area contributed by atoms with Gasteiger partial charge in [-0.2, -0.15) is 5.10 Å². The number of hydrogen-bond donors (Lipinski definition) is 2. The third kappa shape index (κ3) is 4.26. The quantitative estimate of drug-likeness (QED) is 0.819. The number of hydrogen-bond acceptors (Lipinski definition) is 3. The van der Waals surface area contributed by atoms with E-state index in [0.29, 0.717) is 19.5 Å². The zero-order valence-electron chi connectivity index (χ0n) is 11.0. The number of nitrogens with one attached hydrogen (secondary N) is 1. The molecule has 0 bridgehead atoms. The predicted octanol–water partition coefficient (Wildman–Crippen LogP) is 1.22. The maximum absolute atomic E-state index is 11.8. The predicted molar refractivity (Wildman–Crippen MR) is 77.8 cm³/mol. The molecule has 2 rings (SSSR count). The van der Waals surface area contributed by atoms with E-state index in [4.69, 9.17) is 5.73 Å².